The number of rotatable bonds is 6. The number of carboxylic acids is 1. The predicted octanol–water partition coefficient (Wildman–Crippen LogP) is 0.938. The van der Waals surface area contributed by atoms with E-state index in [1.165, 1.54) is 18.5 Å². The Balaban J connectivity index is 2.44. The van der Waals surface area contributed by atoms with Crippen molar-refractivity contribution in [3.63, 3.8) is 0 Å². The first kappa shape index (κ1) is 13.9. The number of pyridine rings is 1. The number of nitrogens with one attached hydrogen (secondary N) is 2. The molecule has 1 rings (SSSR count). The number of carbonyl (C=O) groups is 2. The fraction of sp³-hybridized carbons (Fsp3) is 0.364. The van der Waals surface area contributed by atoms with E-state index in [4.69, 9.17) is 9.84 Å². The molecule has 0 bridgehead atoms. The number of ether oxygens (including phenoxy) is 1. The van der Waals surface area contributed by atoms with Gasteiger partial charge in [0.2, 0.25) is 0 Å². The minimum absolute atomic E-state index is 0.0158. The Kier molecular flexibility index (Phi) is 5.59. The van der Waals surface area contributed by atoms with Gasteiger partial charge in [-0.25, -0.2) is 9.59 Å². The van der Waals surface area contributed by atoms with E-state index in [1.807, 2.05) is 6.92 Å². The fourth-order valence-corrected chi connectivity index (χ4v) is 1.18. The zero-order valence-electron chi connectivity index (χ0n) is 9.97. The third-order valence-corrected chi connectivity index (χ3v) is 1.98. The van der Waals surface area contributed by atoms with Gasteiger partial charge in [-0.2, -0.15) is 0 Å². The van der Waals surface area contributed by atoms with Crippen molar-refractivity contribution >= 4 is 17.7 Å². The highest BCUT2D eigenvalue weighted by molar-refractivity contribution is 5.92. The molecule has 0 aliphatic heterocycles. The van der Waals surface area contributed by atoms with Gasteiger partial charge in [0.15, 0.2) is 0 Å². The van der Waals surface area contributed by atoms with Crippen molar-refractivity contribution in [2.75, 3.05) is 25.1 Å². The number of amides is 2. The smallest absolute Gasteiger partial charge is 0.337 e. The van der Waals surface area contributed by atoms with Crippen LogP contribution in [0.1, 0.15) is 17.3 Å². The molecule has 7 heteroatoms. The quantitative estimate of drug-likeness (QED) is 0.655. The topological polar surface area (TPSA) is 101 Å². The van der Waals surface area contributed by atoms with Crippen LogP contribution in [0.2, 0.25) is 0 Å². The fourth-order valence-electron chi connectivity index (χ4n) is 1.18. The van der Waals surface area contributed by atoms with Gasteiger partial charge in [0, 0.05) is 19.3 Å². The van der Waals surface area contributed by atoms with Crippen LogP contribution in [0.3, 0.4) is 0 Å². The van der Waals surface area contributed by atoms with Gasteiger partial charge in [-0.05, 0) is 13.0 Å². The monoisotopic (exact) mass is 253 g/mol. The molecule has 0 unspecified atom stereocenters. The van der Waals surface area contributed by atoms with Gasteiger partial charge < -0.3 is 20.5 Å². The number of anilines is 1. The Hall–Kier alpha value is -2.15. The highest BCUT2D eigenvalue weighted by Gasteiger charge is 2.06. The molecule has 0 fully saturated rings. The second-order valence-electron chi connectivity index (χ2n) is 3.35. The molecule has 2 amide bonds. The minimum atomic E-state index is -1.09. The van der Waals surface area contributed by atoms with E-state index in [9.17, 15) is 9.59 Å². The molecule has 0 aromatic carbocycles. The first-order valence-corrected chi connectivity index (χ1v) is 5.44. The van der Waals surface area contributed by atoms with Gasteiger partial charge in [-0.15, -0.1) is 0 Å². The molecular weight excluding hydrogens is 238 g/mol. The third-order valence-electron chi connectivity index (χ3n) is 1.98. The van der Waals surface area contributed by atoms with E-state index in [-0.39, 0.29) is 5.56 Å². The van der Waals surface area contributed by atoms with Crippen molar-refractivity contribution in [3.05, 3.63) is 24.0 Å². The first-order chi connectivity index (χ1) is 8.63. The van der Waals surface area contributed by atoms with Crippen molar-refractivity contribution in [2.24, 2.45) is 0 Å². The van der Waals surface area contributed by atoms with Gasteiger partial charge in [0.05, 0.1) is 24.1 Å². The normalized spacial score (nSPS) is 9.83. The Bertz CT molecular complexity index is 423. The van der Waals surface area contributed by atoms with Crippen molar-refractivity contribution < 1.29 is 19.4 Å². The van der Waals surface area contributed by atoms with Crippen LogP contribution in [0.5, 0.6) is 0 Å². The lowest BCUT2D eigenvalue weighted by Crippen LogP contribution is -2.31. The summed E-state index contributed by atoms with van der Waals surface area (Å²) in [5.41, 5.74) is 0.339. The molecule has 0 spiro atoms. The van der Waals surface area contributed by atoms with Crippen LogP contribution in [0.25, 0.3) is 0 Å². The summed E-state index contributed by atoms with van der Waals surface area (Å²) < 4.78 is 5.05. The van der Waals surface area contributed by atoms with Gasteiger partial charge in [-0.3, -0.25) is 4.98 Å². The van der Waals surface area contributed by atoms with Gasteiger partial charge in [0.1, 0.15) is 0 Å². The van der Waals surface area contributed by atoms with Crippen molar-refractivity contribution in [2.45, 2.75) is 6.92 Å². The minimum Gasteiger partial charge on any atom is -0.478 e. The van der Waals surface area contributed by atoms with Crippen LogP contribution in [-0.2, 0) is 4.74 Å². The Labute approximate surface area is 104 Å². The van der Waals surface area contributed by atoms with E-state index in [0.717, 1.165) is 0 Å². The summed E-state index contributed by atoms with van der Waals surface area (Å²) in [6, 6.07) is 0.899. The molecule has 3 N–H and O–H groups in total. The van der Waals surface area contributed by atoms with E-state index in [1.54, 1.807) is 0 Å². The number of carboxylic acid groups (broad SMARTS) is 1. The van der Waals surface area contributed by atoms with Crippen molar-refractivity contribution in [1.82, 2.24) is 10.3 Å². The van der Waals surface area contributed by atoms with Crippen LogP contribution in [-0.4, -0.2) is 41.8 Å². The SMILES string of the molecule is CCOCCNC(=O)Nc1cncc(C(=O)O)c1. The summed E-state index contributed by atoms with van der Waals surface area (Å²) in [5.74, 6) is -1.09. The Morgan fingerprint density at radius 1 is 1.44 bits per heavy atom. The maximum atomic E-state index is 11.4. The zero-order valence-corrected chi connectivity index (χ0v) is 9.97. The Morgan fingerprint density at radius 2 is 2.22 bits per heavy atom. The predicted molar refractivity (Wildman–Crippen MR) is 64.7 cm³/mol. The van der Waals surface area contributed by atoms with E-state index in [2.05, 4.69) is 15.6 Å². The number of hydrogen-bond acceptors (Lipinski definition) is 4. The lowest BCUT2D eigenvalue weighted by atomic mass is 10.3. The summed E-state index contributed by atoms with van der Waals surface area (Å²) >= 11 is 0. The summed E-state index contributed by atoms with van der Waals surface area (Å²) in [5, 5.41) is 13.8. The molecule has 0 radical (unpaired) electrons. The number of urea groups is 1. The molecule has 0 saturated heterocycles. The molecular formula is C11H15N3O4. The van der Waals surface area contributed by atoms with E-state index < -0.39 is 12.0 Å². The van der Waals surface area contributed by atoms with Gasteiger partial charge in [-0.1, -0.05) is 0 Å². The summed E-state index contributed by atoms with van der Waals surface area (Å²) in [7, 11) is 0. The number of hydrogen-bond donors (Lipinski definition) is 3. The van der Waals surface area contributed by atoms with Crippen LogP contribution in [0.4, 0.5) is 10.5 Å². The highest BCUT2D eigenvalue weighted by atomic mass is 16.5. The van der Waals surface area contributed by atoms with Gasteiger partial charge in [0.25, 0.3) is 0 Å². The molecule has 1 aromatic rings. The summed E-state index contributed by atoms with van der Waals surface area (Å²) in [6.45, 7) is 3.26. The molecule has 0 aliphatic rings. The molecule has 1 aromatic heterocycles. The summed E-state index contributed by atoms with van der Waals surface area (Å²) in [6.07, 6.45) is 2.58. The number of aromatic nitrogens is 1. The molecule has 98 valence electrons. The van der Waals surface area contributed by atoms with Crippen LogP contribution < -0.4 is 10.6 Å². The number of carbonyl (C=O) groups excluding carboxylic acids is 1. The Morgan fingerprint density at radius 3 is 2.89 bits per heavy atom. The average Bonchev–Trinajstić information content (AvgIpc) is 2.35. The zero-order chi connectivity index (χ0) is 13.4. The average molecular weight is 253 g/mol. The van der Waals surface area contributed by atoms with Crippen molar-refractivity contribution in [1.29, 1.82) is 0 Å². The van der Waals surface area contributed by atoms with E-state index in [0.29, 0.717) is 25.4 Å². The number of aromatic carboxylic acids is 1. The standard InChI is InChI=1S/C11H15N3O4/c1-2-18-4-3-13-11(17)14-9-5-8(10(15)16)6-12-7-9/h5-7H,2-4H2,1H3,(H,15,16)(H2,13,14,17). The van der Waals surface area contributed by atoms with Crippen LogP contribution in [0, 0.1) is 0 Å². The molecule has 18 heavy (non-hydrogen) atoms. The van der Waals surface area contributed by atoms with E-state index >= 15 is 0 Å². The van der Waals surface area contributed by atoms with Crippen LogP contribution >= 0.6 is 0 Å². The second kappa shape index (κ2) is 7.23. The summed E-state index contributed by atoms with van der Waals surface area (Å²) in [4.78, 5) is 25.8. The molecule has 0 atom stereocenters. The lowest BCUT2D eigenvalue weighted by Gasteiger charge is -2.07. The maximum absolute atomic E-state index is 11.4. The highest BCUT2D eigenvalue weighted by Crippen LogP contribution is 2.07. The lowest BCUT2D eigenvalue weighted by molar-refractivity contribution is 0.0696. The third kappa shape index (κ3) is 4.79. The van der Waals surface area contributed by atoms with Crippen LogP contribution in [0.15, 0.2) is 18.5 Å². The first-order valence-electron chi connectivity index (χ1n) is 5.44. The van der Waals surface area contributed by atoms with Crippen molar-refractivity contribution in [3.8, 4) is 0 Å². The molecule has 0 aliphatic carbocycles. The van der Waals surface area contributed by atoms with Gasteiger partial charge >= 0.3 is 12.0 Å². The number of nitrogens with zero attached hydrogens (tertiary/aromatic N) is 1. The molecule has 7 nitrogen and oxygen atoms in total. The largest absolute Gasteiger partial charge is 0.478 e. The second-order valence-corrected chi connectivity index (χ2v) is 3.35. The molecule has 0 saturated carbocycles. The maximum Gasteiger partial charge on any atom is 0.337 e. The molecule has 1 heterocycles.